The maximum atomic E-state index is 5.22. The van der Waals surface area contributed by atoms with E-state index in [9.17, 15) is 0 Å². The van der Waals surface area contributed by atoms with Crippen molar-refractivity contribution in [3.05, 3.63) is 24.5 Å². The van der Waals surface area contributed by atoms with Crippen molar-refractivity contribution in [1.82, 2.24) is 4.57 Å². The fraction of sp³-hybridized carbons (Fsp3) is 0.733. The number of methoxy groups -OCH3 is 2. The number of aryl methyl sites for hydroxylation is 1. The molecule has 0 bridgehead atoms. The predicted molar refractivity (Wildman–Crippen MR) is 107 cm³/mol. The molecule has 0 spiro atoms. The second-order valence-corrected chi connectivity index (χ2v) is 5.93. The van der Waals surface area contributed by atoms with Crippen LogP contribution in [0, 0.1) is 132 Å². The Bertz CT molecular complexity index is 335. The minimum Gasteiger partial charge on any atom is -1.00 e. The summed E-state index contributed by atoms with van der Waals surface area (Å²) in [6.45, 7) is 3.20. The second kappa shape index (κ2) is 56.8. The molecule has 2 rings (SSSR count). The van der Waals surface area contributed by atoms with E-state index in [1.54, 1.807) is 14.2 Å². The molecule has 1 aromatic rings. The van der Waals surface area contributed by atoms with Crippen LogP contribution in [-0.4, -0.2) is 63.9 Å². The molecule has 1 aliphatic heterocycles. The van der Waals surface area contributed by atoms with Crippen LogP contribution in [0.15, 0.2) is 24.5 Å². The third-order valence-corrected chi connectivity index (χ3v) is 3.81. The summed E-state index contributed by atoms with van der Waals surface area (Å²) >= 11 is 6.60. The first-order valence-electron chi connectivity index (χ1n) is 7.15. The zero-order valence-corrected chi connectivity index (χ0v) is 42.2. The quantitative estimate of drug-likeness (QED) is 0.212. The van der Waals surface area contributed by atoms with Gasteiger partial charge in [-0.2, -0.15) is 0 Å². The van der Waals surface area contributed by atoms with Gasteiger partial charge in [0, 0.05) is 189 Å². The monoisotopic (exact) mass is 1300 g/mol. The Morgan fingerprint density at radius 2 is 1.19 bits per heavy atom. The van der Waals surface area contributed by atoms with Crippen LogP contribution in [0.2, 0.25) is 0 Å². The van der Waals surface area contributed by atoms with Gasteiger partial charge in [-0.05, 0) is 18.6 Å². The predicted octanol–water partition coefficient (Wildman–Crippen LogP) is -7.22. The summed E-state index contributed by atoms with van der Waals surface area (Å²) in [6.07, 6.45) is 7.14. The Balaban J connectivity index is -0.0000000193. The molecule has 2 unspecified atom stereocenters. The molecule has 31 heavy (non-hydrogen) atoms. The smallest absolute Gasteiger partial charge is 1.00 e. The van der Waals surface area contributed by atoms with Crippen molar-refractivity contribution in [2.24, 2.45) is 0 Å². The van der Waals surface area contributed by atoms with Gasteiger partial charge in [-0.25, -0.2) is 0 Å². The maximum absolute atomic E-state index is 5.22. The molecule has 2 atom stereocenters. The molecule has 0 amide bonds. The molecule has 0 aromatic carbocycles. The number of alkyl halides is 2. The standard InChI is InChI=1S/C6H8BrN.C6H12O3.C3H7Br.3Ac.BrH.2Na.4H2O/c7-3-6-8-4-1-2-5-8;1-7-5-3-4-6(8-2)9-5;1-2-3-4;;;;;;;;;;/h1-2,4-5H,3,6H2;5-6H,3-4H2,1-2H3;2-3H2,1H3;;;;1H;;;4*1H2/q;;;;;;;2*+1;;;;/p-2. The third-order valence-electron chi connectivity index (χ3n) is 2.67. The fourth-order valence-electron chi connectivity index (χ4n) is 1.54. The van der Waals surface area contributed by atoms with Crippen molar-refractivity contribution in [1.29, 1.82) is 0 Å². The Morgan fingerprint density at radius 3 is 1.39 bits per heavy atom. The van der Waals surface area contributed by atoms with Crippen LogP contribution in [0.1, 0.15) is 26.2 Å². The molecule has 1 fully saturated rings. The van der Waals surface area contributed by atoms with Gasteiger partial charge in [0.15, 0.2) is 12.6 Å². The van der Waals surface area contributed by atoms with Gasteiger partial charge in [0.05, 0.1) is 0 Å². The van der Waals surface area contributed by atoms with Crippen molar-refractivity contribution in [3.8, 4) is 0 Å². The minimum absolute atomic E-state index is 0. The average molecular weight is 1310 g/mol. The molecule has 3 radical (unpaired) electrons. The van der Waals surface area contributed by atoms with Gasteiger partial charge in [0.1, 0.15) is 0 Å². The van der Waals surface area contributed by atoms with Crippen molar-refractivity contribution in [2.45, 2.75) is 45.3 Å². The molecule has 16 heteroatoms. The first-order valence-corrected chi connectivity index (χ1v) is 9.39. The number of nitrogens with zero attached hydrogens (tertiary/aromatic N) is 1. The third kappa shape index (κ3) is 46.9. The summed E-state index contributed by atoms with van der Waals surface area (Å²) in [6, 6.07) is 4.06. The molecule has 2 heterocycles. The number of rotatable bonds is 5. The van der Waals surface area contributed by atoms with Crippen LogP contribution in [0.5, 0.6) is 0 Å². The van der Waals surface area contributed by atoms with E-state index in [0.717, 1.165) is 30.0 Å². The van der Waals surface area contributed by atoms with Gasteiger partial charge >= 0.3 is 59.1 Å². The van der Waals surface area contributed by atoms with Crippen LogP contribution < -0.4 is 76.1 Å². The van der Waals surface area contributed by atoms with Gasteiger partial charge in [-0.1, -0.05) is 38.8 Å². The van der Waals surface area contributed by atoms with Crippen LogP contribution >= 0.6 is 31.9 Å². The van der Waals surface area contributed by atoms with E-state index in [-0.39, 0.29) is 243 Å². The molecule has 0 aliphatic carbocycles. The molecule has 7 N–H and O–H groups in total. The van der Waals surface area contributed by atoms with Crippen LogP contribution in [-0.2, 0) is 20.8 Å². The molecular formula is C15H34Ac3Br3NNa2O7. The van der Waals surface area contributed by atoms with Gasteiger partial charge < -0.3 is 57.7 Å². The SMILES string of the molecule is BrCCn1cccc1.CCCBr.COC1CCC(OC)O1.O.O.O.[Ac].[Ac].[Ac].[Br-].[Na+].[Na+].[OH-]. The van der Waals surface area contributed by atoms with Crippen LogP contribution in [0.3, 0.4) is 0 Å². The Kier molecular flexibility index (Phi) is 131. The minimum atomic E-state index is -0.0463. The number of aromatic nitrogens is 1. The van der Waals surface area contributed by atoms with Crippen molar-refractivity contribution in [3.63, 3.8) is 0 Å². The summed E-state index contributed by atoms with van der Waals surface area (Å²) in [5.41, 5.74) is 0. The molecular weight excluding hydrogens is 1270 g/mol. The molecule has 173 valence electrons. The average Bonchev–Trinajstić information content (AvgIpc) is 3.19. The maximum Gasteiger partial charge on any atom is 1.00 e. The van der Waals surface area contributed by atoms with Crippen molar-refractivity contribution < 1.29 is 244 Å². The molecule has 1 saturated heterocycles. The topological polar surface area (TPSA) is 157 Å². The largest absolute Gasteiger partial charge is 1.00 e. The number of halogens is 3. The van der Waals surface area contributed by atoms with E-state index < -0.39 is 0 Å². The van der Waals surface area contributed by atoms with Gasteiger partial charge in [0.25, 0.3) is 0 Å². The first kappa shape index (κ1) is 71.3. The molecule has 8 nitrogen and oxygen atoms in total. The number of ether oxygens (including phenoxy) is 3. The summed E-state index contributed by atoms with van der Waals surface area (Å²) < 4.78 is 17.2. The van der Waals surface area contributed by atoms with Crippen LogP contribution in [0.4, 0.5) is 0 Å². The summed E-state index contributed by atoms with van der Waals surface area (Å²) in [5, 5.41) is 2.16. The van der Waals surface area contributed by atoms with E-state index >= 15 is 0 Å². The van der Waals surface area contributed by atoms with Crippen molar-refractivity contribution in [2.75, 3.05) is 24.9 Å². The van der Waals surface area contributed by atoms with Crippen molar-refractivity contribution >= 4 is 31.9 Å². The fourth-order valence-corrected chi connectivity index (χ4v) is 1.95. The van der Waals surface area contributed by atoms with E-state index in [1.165, 1.54) is 6.42 Å². The number of hydrogen-bond donors (Lipinski definition) is 0. The first-order chi connectivity index (χ1) is 10.2. The number of hydrogen-bond acceptors (Lipinski definition) is 4. The summed E-state index contributed by atoms with van der Waals surface area (Å²) in [5.74, 6) is 0. The summed E-state index contributed by atoms with van der Waals surface area (Å²) in [4.78, 5) is 0. The zero-order valence-electron chi connectivity index (χ0n) is 19.2. The molecule has 0 saturated carbocycles. The van der Waals surface area contributed by atoms with E-state index in [4.69, 9.17) is 14.2 Å². The zero-order chi connectivity index (χ0) is 15.9. The van der Waals surface area contributed by atoms with Gasteiger partial charge in [-0.15, -0.1) is 0 Å². The van der Waals surface area contributed by atoms with Gasteiger partial charge in [0.2, 0.25) is 0 Å². The Hall–Kier alpha value is 6.76. The van der Waals surface area contributed by atoms with Gasteiger partial charge in [-0.3, -0.25) is 0 Å². The van der Waals surface area contributed by atoms with Crippen LogP contribution in [0.25, 0.3) is 0 Å². The van der Waals surface area contributed by atoms with E-state index in [2.05, 4.69) is 55.7 Å². The Labute approximate surface area is 366 Å². The van der Waals surface area contributed by atoms with E-state index in [1.807, 2.05) is 12.1 Å². The second-order valence-electron chi connectivity index (χ2n) is 4.34. The van der Waals surface area contributed by atoms with E-state index in [0.29, 0.717) is 0 Å². The molecule has 1 aromatic heterocycles. The normalized spacial score (nSPS) is 13.7. The Morgan fingerprint density at radius 1 is 0.871 bits per heavy atom. The molecule has 1 aliphatic rings. The summed E-state index contributed by atoms with van der Waals surface area (Å²) in [7, 11) is 3.28.